The Morgan fingerprint density at radius 1 is 0.545 bits per heavy atom. The minimum absolute atomic E-state index is 0.0406. The predicted octanol–water partition coefficient (Wildman–Crippen LogP) is 10.9. The van der Waals surface area contributed by atoms with Gasteiger partial charge in [-0.15, -0.1) is 0 Å². The molecule has 0 aliphatic heterocycles. The summed E-state index contributed by atoms with van der Waals surface area (Å²) in [5.74, 6) is -1.74. The van der Waals surface area contributed by atoms with Gasteiger partial charge in [0, 0.05) is 19.3 Å². The van der Waals surface area contributed by atoms with Crippen LogP contribution >= 0.6 is 0 Å². The molecule has 0 aromatic carbocycles. The Labute approximate surface area is 338 Å². The van der Waals surface area contributed by atoms with Gasteiger partial charge in [-0.1, -0.05) is 159 Å². The number of carboxylic acid groups (broad SMARTS) is 1. The van der Waals surface area contributed by atoms with Crippen LogP contribution in [0.1, 0.15) is 194 Å². The van der Waals surface area contributed by atoms with Gasteiger partial charge in [0.25, 0.3) is 0 Å². The maximum Gasteiger partial charge on any atom is 0.306 e. The highest BCUT2D eigenvalue weighted by atomic mass is 16.6. The second kappa shape index (κ2) is 38.4. The third kappa shape index (κ3) is 36.9. The summed E-state index contributed by atoms with van der Waals surface area (Å²) >= 11 is 0. The molecule has 0 N–H and O–H groups in total. The van der Waals surface area contributed by atoms with E-state index in [1.54, 1.807) is 21.1 Å². The van der Waals surface area contributed by atoms with Gasteiger partial charge < -0.3 is 28.6 Å². The molecule has 8 heteroatoms. The van der Waals surface area contributed by atoms with E-state index in [4.69, 9.17) is 14.2 Å². The molecular weight excluding hydrogens is 691 g/mol. The topological polar surface area (TPSA) is 102 Å². The lowest BCUT2D eigenvalue weighted by molar-refractivity contribution is -0.889. The van der Waals surface area contributed by atoms with E-state index in [0.29, 0.717) is 12.8 Å². The van der Waals surface area contributed by atoms with Crippen LogP contribution in [0, 0.1) is 0 Å². The lowest BCUT2D eigenvalue weighted by atomic mass is 10.1. The molecule has 0 fully saturated rings. The Hall–Kier alpha value is -2.45. The average Bonchev–Trinajstić information content (AvgIpc) is 3.14. The summed E-state index contributed by atoms with van der Waals surface area (Å²) in [5.41, 5.74) is 0. The van der Waals surface area contributed by atoms with Gasteiger partial charge >= 0.3 is 11.9 Å². The van der Waals surface area contributed by atoms with Crippen molar-refractivity contribution in [1.29, 1.82) is 0 Å². The summed E-state index contributed by atoms with van der Waals surface area (Å²) in [7, 11) is 5.40. The second-order valence-electron chi connectivity index (χ2n) is 16.3. The molecule has 0 heterocycles. The maximum absolute atomic E-state index is 12.7. The summed E-state index contributed by atoms with van der Waals surface area (Å²) in [5, 5.41) is 11.6. The van der Waals surface area contributed by atoms with E-state index in [-0.39, 0.29) is 42.7 Å². The zero-order chi connectivity index (χ0) is 40.7. The fourth-order valence-electron chi connectivity index (χ4n) is 6.49. The number of ether oxygens (including phenoxy) is 3. The molecule has 320 valence electrons. The number of aliphatic carboxylic acids is 1. The van der Waals surface area contributed by atoms with Crippen LogP contribution < -0.4 is 5.11 Å². The smallest absolute Gasteiger partial charge is 0.306 e. The van der Waals surface area contributed by atoms with Crippen molar-refractivity contribution < 1.29 is 38.2 Å². The molecule has 0 radical (unpaired) electrons. The average molecular weight is 776 g/mol. The zero-order valence-corrected chi connectivity index (χ0v) is 36.3. The molecule has 0 rings (SSSR count). The zero-order valence-electron chi connectivity index (χ0n) is 36.3. The molecule has 55 heavy (non-hydrogen) atoms. The first-order chi connectivity index (χ1) is 26.6. The number of esters is 2. The Kier molecular flexibility index (Phi) is 36.7. The van der Waals surface area contributed by atoms with Crippen molar-refractivity contribution >= 4 is 17.9 Å². The number of hydrogen-bond donors (Lipinski definition) is 0. The molecule has 8 nitrogen and oxygen atoms in total. The standard InChI is InChI=1S/C47H85NO7/c1-6-8-10-12-14-16-17-18-19-20-21-22-23-24-25-26-27-28-30-32-34-36-38-46(50)55-43(41-53-40-39-44(47(51)52)48(3,4)5)42-54-45(49)37-35-33-31-29-15-13-11-9-7-2/h14,16,18-19,21-22,43-44H,6-13,15,17,20,23-42H2,1-5H3/b16-14+,19-18+,22-21+. The predicted molar refractivity (Wildman–Crippen MR) is 227 cm³/mol. The number of hydrogen-bond acceptors (Lipinski definition) is 7. The van der Waals surface area contributed by atoms with Crippen molar-refractivity contribution in [2.24, 2.45) is 0 Å². The molecule has 0 aliphatic carbocycles. The van der Waals surface area contributed by atoms with Crippen LogP contribution in [0.15, 0.2) is 36.5 Å². The lowest BCUT2D eigenvalue weighted by Crippen LogP contribution is -2.55. The number of allylic oxidation sites excluding steroid dienone is 6. The van der Waals surface area contributed by atoms with Crippen molar-refractivity contribution in [2.45, 2.75) is 206 Å². The monoisotopic (exact) mass is 776 g/mol. The number of quaternary nitrogens is 1. The van der Waals surface area contributed by atoms with Crippen molar-refractivity contribution in [1.82, 2.24) is 0 Å². The number of carboxylic acids is 1. The Bertz CT molecular complexity index is 1000. The minimum atomic E-state index is -1.13. The summed E-state index contributed by atoms with van der Waals surface area (Å²) < 4.78 is 17.1. The minimum Gasteiger partial charge on any atom is -0.544 e. The van der Waals surface area contributed by atoms with Crippen LogP contribution in [0.2, 0.25) is 0 Å². The normalized spacial score (nSPS) is 13.3. The number of carbonyl (C=O) groups is 3. The van der Waals surface area contributed by atoms with Gasteiger partial charge in [-0.3, -0.25) is 9.59 Å². The van der Waals surface area contributed by atoms with Gasteiger partial charge in [0.1, 0.15) is 12.6 Å². The van der Waals surface area contributed by atoms with E-state index in [1.807, 2.05) is 0 Å². The van der Waals surface area contributed by atoms with Crippen LogP contribution in [0.5, 0.6) is 0 Å². The second-order valence-corrected chi connectivity index (χ2v) is 16.3. The number of nitrogens with zero attached hydrogens (tertiary/aromatic N) is 1. The molecule has 0 bridgehead atoms. The van der Waals surface area contributed by atoms with Crippen molar-refractivity contribution in [3.63, 3.8) is 0 Å². The van der Waals surface area contributed by atoms with Gasteiger partial charge in [-0.2, -0.15) is 0 Å². The molecule has 0 spiro atoms. The number of unbranched alkanes of at least 4 members (excludes halogenated alkanes) is 20. The van der Waals surface area contributed by atoms with Crippen molar-refractivity contribution in [2.75, 3.05) is 41.0 Å². The van der Waals surface area contributed by atoms with Gasteiger partial charge in [0.05, 0.1) is 40.3 Å². The highest BCUT2D eigenvalue weighted by molar-refractivity contribution is 5.70. The van der Waals surface area contributed by atoms with Gasteiger partial charge in [-0.05, 0) is 51.4 Å². The van der Waals surface area contributed by atoms with E-state index in [1.165, 1.54) is 103 Å². The lowest BCUT2D eigenvalue weighted by Gasteiger charge is -2.34. The molecule has 2 atom stereocenters. The Morgan fingerprint density at radius 2 is 0.964 bits per heavy atom. The van der Waals surface area contributed by atoms with E-state index in [2.05, 4.69) is 50.3 Å². The third-order valence-electron chi connectivity index (χ3n) is 10.0. The Morgan fingerprint density at radius 3 is 1.45 bits per heavy atom. The molecule has 0 aromatic heterocycles. The highest BCUT2D eigenvalue weighted by Gasteiger charge is 2.25. The molecule has 0 saturated heterocycles. The first kappa shape index (κ1) is 52.6. The number of likely N-dealkylation sites (N-methyl/N-ethyl adjacent to an activating group) is 1. The number of carbonyl (C=O) groups excluding carboxylic acids is 3. The molecule has 0 saturated carbocycles. The largest absolute Gasteiger partial charge is 0.544 e. The molecule has 0 amide bonds. The fraction of sp³-hybridized carbons (Fsp3) is 0.809. The van der Waals surface area contributed by atoms with Gasteiger partial charge in [0.15, 0.2) is 6.10 Å². The Balaban J connectivity index is 4.24. The molecule has 0 aliphatic rings. The summed E-state index contributed by atoms with van der Waals surface area (Å²) in [6, 6.07) is -0.724. The fourth-order valence-corrected chi connectivity index (χ4v) is 6.49. The van der Waals surface area contributed by atoms with Gasteiger partial charge in [-0.25, -0.2) is 0 Å². The SMILES string of the molecule is CCCCC/C=C/C/C=C/C/C=C/CCCCCCCCCCCC(=O)OC(COCCC(C(=O)[O-])[N+](C)(C)C)COC(=O)CCCCCCCCCCC. The quantitative estimate of drug-likeness (QED) is 0.0264. The molecule has 0 aromatic rings. The van der Waals surface area contributed by atoms with Crippen LogP contribution in [-0.4, -0.2) is 75.5 Å². The van der Waals surface area contributed by atoms with Crippen molar-refractivity contribution in [3.05, 3.63) is 36.5 Å². The molecular formula is C47H85NO7. The third-order valence-corrected chi connectivity index (χ3v) is 10.0. The van der Waals surface area contributed by atoms with E-state index in [9.17, 15) is 19.5 Å². The van der Waals surface area contributed by atoms with Crippen LogP contribution in [0.25, 0.3) is 0 Å². The summed E-state index contributed by atoms with van der Waals surface area (Å²) in [6.45, 7) is 4.61. The molecule has 2 unspecified atom stereocenters. The van der Waals surface area contributed by atoms with E-state index in [0.717, 1.165) is 57.8 Å². The first-order valence-corrected chi connectivity index (χ1v) is 22.5. The maximum atomic E-state index is 12.7. The van der Waals surface area contributed by atoms with E-state index >= 15 is 0 Å². The summed E-state index contributed by atoms with van der Waals surface area (Å²) in [4.78, 5) is 36.8. The first-order valence-electron chi connectivity index (χ1n) is 22.5. The van der Waals surface area contributed by atoms with Gasteiger partial charge in [0.2, 0.25) is 0 Å². The van der Waals surface area contributed by atoms with Crippen LogP contribution in [-0.2, 0) is 28.6 Å². The highest BCUT2D eigenvalue weighted by Crippen LogP contribution is 2.14. The van der Waals surface area contributed by atoms with Crippen LogP contribution in [0.4, 0.5) is 0 Å². The number of rotatable bonds is 40. The van der Waals surface area contributed by atoms with Crippen molar-refractivity contribution in [3.8, 4) is 0 Å². The summed E-state index contributed by atoms with van der Waals surface area (Å²) in [6.07, 6.45) is 43.1. The van der Waals surface area contributed by atoms with Crippen LogP contribution in [0.3, 0.4) is 0 Å². The van der Waals surface area contributed by atoms with E-state index < -0.39 is 18.1 Å².